The van der Waals surface area contributed by atoms with E-state index in [0.717, 1.165) is 0 Å². The zero-order chi connectivity index (χ0) is 12.8. The number of hydrogen-bond donors (Lipinski definition) is 1. The van der Waals surface area contributed by atoms with E-state index in [1.54, 1.807) is 18.2 Å². The van der Waals surface area contributed by atoms with Crippen LogP contribution in [0.5, 0.6) is 11.5 Å². The second kappa shape index (κ2) is 5.89. The van der Waals surface area contributed by atoms with Crippen molar-refractivity contribution in [3.63, 3.8) is 0 Å². The number of ketones is 1. The number of ether oxygens (including phenoxy) is 2. The van der Waals surface area contributed by atoms with E-state index in [1.165, 1.54) is 21.1 Å². The van der Waals surface area contributed by atoms with Gasteiger partial charge in [0.15, 0.2) is 11.5 Å². The summed E-state index contributed by atoms with van der Waals surface area (Å²) >= 11 is 0. The molecule has 0 spiro atoms. The number of rotatable bonds is 5. The molecule has 0 saturated carbocycles. The second-order valence-corrected chi connectivity index (χ2v) is 3.43. The molecular weight excluding hydrogens is 222 g/mol. The predicted octanol–water partition coefficient (Wildman–Crippen LogP) is 1.02. The van der Waals surface area contributed by atoms with E-state index in [0.29, 0.717) is 17.1 Å². The molecule has 0 radical (unpaired) electrons. The summed E-state index contributed by atoms with van der Waals surface area (Å²) < 4.78 is 10.2. The highest BCUT2D eigenvalue weighted by molar-refractivity contribution is 5.99. The maximum absolute atomic E-state index is 11.8. The number of hydrogen-bond acceptors (Lipinski definition) is 4. The first-order valence-electron chi connectivity index (χ1n) is 5.08. The Kier molecular flexibility index (Phi) is 4.51. The van der Waals surface area contributed by atoms with Crippen molar-refractivity contribution in [3.05, 3.63) is 23.8 Å². The van der Waals surface area contributed by atoms with Crippen LogP contribution in [0.15, 0.2) is 18.2 Å². The molecule has 0 heterocycles. The van der Waals surface area contributed by atoms with E-state index < -0.39 is 0 Å². The first kappa shape index (κ1) is 13.0. The molecule has 0 saturated heterocycles. The van der Waals surface area contributed by atoms with Gasteiger partial charge in [0.25, 0.3) is 5.91 Å². The van der Waals surface area contributed by atoms with E-state index in [-0.39, 0.29) is 18.2 Å². The van der Waals surface area contributed by atoms with Crippen molar-refractivity contribution in [2.24, 2.45) is 0 Å². The fraction of sp³-hybridized carbons (Fsp3) is 0.333. The standard InChI is InChI=1S/C12H15NO4/c1-8(14)7-13-12(15)9-5-4-6-10(16-2)11(9)17-3/h4-6H,7H2,1-3H3,(H,13,15). The fourth-order valence-electron chi connectivity index (χ4n) is 1.37. The molecule has 17 heavy (non-hydrogen) atoms. The van der Waals surface area contributed by atoms with Crippen molar-refractivity contribution in [2.45, 2.75) is 6.92 Å². The highest BCUT2D eigenvalue weighted by Crippen LogP contribution is 2.30. The number of para-hydroxylation sites is 1. The van der Waals surface area contributed by atoms with Crippen LogP contribution in [0, 0.1) is 0 Å². The number of carbonyl (C=O) groups is 2. The molecule has 92 valence electrons. The highest BCUT2D eigenvalue weighted by atomic mass is 16.5. The monoisotopic (exact) mass is 237 g/mol. The van der Waals surface area contributed by atoms with E-state index in [2.05, 4.69) is 5.32 Å². The van der Waals surface area contributed by atoms with Crippen molar-refractivity contribution in [1.29, 1.82) is 0 Å². The Morgan fingerprint density at radius 1 is 1.24 bits per heavy atom. The Morgan fingerprint density at radius 2 is 1.94 bits per heavy atom. The van der Waals surface area contributed by atoms with Gasteiger partial charge in [0, 0.05) is 0 Å². The van der Waals surface area contributed by atoms with Gasteiger partial charge in [-0.05, 0) is 19.1 Å². The number of amides is 1. The lowest BCUT2D eigenvalue weighted by Gasteiger charge is -2.11. The zero-order valence-corrected chi connectivity index (χ0v) is 10.1. The van der Waals surface area contributed by atoms with Crippen LogP contribution in [0.2, 0.25) is 0 Å². The average molecular weight is 237 g/mol. The summed E-state index contributed by atoms with van der Waals surface area (Å²) in [6.45, 7) is 1.41. The van der Waals surface area contributed by atoms with Crippen LogP contribution in [0.4, 0.5) is 0 Å². The fourth-order valence-corrected chi connectivity index (χ4v) is 1.37. The summed E-state index contributed by atoms with van der Waals surface area (Å²) in [6, 6.07) is 4.99. The van der Waals surface area contributed by atoms with Crippen molar-refractivity contribution in [2.75, 3.05) is 20.8 Å². The smallest absolute Gasteiger partial charge is 0.255 e. The molecule has 1 amide bonds. The molecule has 1 rings (SSSR count). The number of benzene rings is 1. The minimum atomic E-state index is -0.365. The minimum Gasteiger partial charge on any atom is -0.493 e. The molecule has 0 aliphatic carbocycles. The van der Waals surface area contributed by atoms with Gasteiger partial charge in [-0.2, -0.15) is 0 Å². The van der Waals surface area contributed by atoms with Gasteiger partial charge in [0.05, 0.1) is 26.3 Å². The lowest BCUT2D eigenvalue weighted by atomic mass is 10.1. The number of Topliss-reactive ketones (excluding diaryl/α,β-unsaturated/α-hetero) is 1. The summed E-state index contributed by atoms with van der Waals surface area (Å²) in [5, 5.41) is 2.50. The Hall–Kier alpha value is -2.04. The molecule has 5 nitrogen and oxygen atoms in total. The lowest BCUT2D eigenvalue weighted by Crippen LogP contribution is -2.28. The highest BCUT2D eigenvalue weighted by Gasteiger charge is 2.16. The van der Waals surface area contributed by atoms with Gasteiger partial charge in [0.1, 0.15) is 5.78 Å². The largest absolute Gasteiger partial charge is 0.493 e. The Labute approximate surface area is 99.7 Å². The zero-order valence-electron chi connectivity index (χ0n) is 10.1. The maximum Gasteiger partial charge on any atom is 0.255 e. The minimum absolute atomic E-state index is 0.000796. The molecule has 0 unspecified atom stereocenters. The van der Waals surface area contributed by atoms with E-state index in [9.17, 15) is 9.59 Å². The van der Waals surface area contributed by atoms with Gasteiger partial charge >= 0.3 is 0 Å². The van der Waals surface area contributed by atoms with Crippen molar-refractivity contribution in [1.82, 2.24) is 5.32 Å². The maximum atomic E-state index is 11.8. The van der Waals surface area contributed by atoms with Gasteiger partial charge in [0.2, 0.25) is 0 Å². The summed E-state index contributed by atoms with van der Waals surface area (Å²) in [5.41, 5.74) is 0.341. The predicted molar refractivity (Wildman–Crippen MR) is 62.6 cm³/mol. The van der Waals surface area contributed by atoms with E-state index in [1.807, 2.05) is 0 Å². The summed E-state index contributed by atoms with van der Waals surface area (Å²) in [5.74, 6) is 0.357. The van der Waals surface area contributed by atoms with Gasteiger partial charge in [-0.3, -0.25) is 9.59 Å². The molecule has 0 fully saturated rings. The molecule has 1 N–H and O–H groups in total. The van der Waals surface area contributed by atoms with Gasteiger partial charge in [-0.25, -0.2) is 0 Å². The second-order valence-electron chi connectivity index (χ2n) is 3.43. The number of methoxy groups -OCH3 is 2. The number of nitrogens with one attached hydrogen (secondary N) is 1. The van der Waals surface area contributed by atoms with E-state index in [4.69, 9.17) is 9.47 Å². The third-order valence-corrected chi connectivity index (χ3v) is 2.15. The van der Waals surface area contributed by atoms with Crippen LogP contribution in [-0.2, 0) is 4.79 Å². The van der Waals surface area contributed by atoms with Crippen LogP contribution in [-0.4, -0.2) is 32.5 Å². The third-order valence-electron chi connectivity index (χ3n) is 2.15. The first-order chi connectivity index (χ1) is 8.10. The Balaban J connectivity index is 2.96. The van der Waals surface area contributed by atoms with Gasteiger partial charge in [-0.15, -0.1) is 0 Å². The Bertz CT molecular complexity index is 429. The number of carbonyl (C=O) groups excluding carboxylic acids is 2. The average Bonchev–Trinajstić information content (AvgIpc) is 2.34. The van der Waals surface area contributed by atoms with Crippen LogP contribution in [0.1, 0.15) is 17.3 Å². The molecular formula is C12H15NO4. The van der Waals surface area contributed by atoms with Crippen molar-refractivity contribution >= 4 is 11.7 Å². The van der Waals surface area contributed by atoms with Crippen LogP contribution in [0.3, 0.4) is 0 Å². The van der Waals surface area contributed by atoms with Crippen LogP contribution < -0.4 is 14.8 Å². The summed E-state index contributed by atoms with van der Waals surface area (Å²) in [7, 11) is 2.95. The van der Waals surface area contributed by atoms with Crippen molar-refractivity contribution < 1.29 is 19.1 Å². The quantitative estimate of drug-likeness (QED) is 0.830. The molecule has 0 aliphatic heterocycles. The van der Waals surface area contributed by atoms with Crippen LogP contribution in [0.25, 0.3) is 0 Å². The lowest BCUT2D eigenvalue weighted by molar-refractivity contribution is -0.116. The normalized spacial score (nSPS) is 9.59. The van der Waals surface area contributed by atoms with Crippen molar-refractivity contribution in [3.8, 4) is 11.5 Å². The molecule has 1 aromatic carbocycles. The third kappa shape index (κ3) is 3.21. The molecule has 1 aromatic rings. The molecule has 5 heteroatoms. The topological polar surface area (TPSA) is 64.6 Å². The molecule has 0 aliphatic rings. The SMILES string of the molecule is COc1cccc(C(=O)NCC(C)=O)c1OC. The van der Waals surface area contributed by atoms with Gasteiger partial charge in [-0.1, -0.05) is 6.07 Å². The summed E-state index contributed by atoms with van der Waals surface area (Å²) in [6.07, 6.45) is 0. The summed E-state index contributed by atoms with van der Waals surface area (Å²) in [4.78, 5) is 22.6. The van der Waals surface area contributed by atoms with Gasteiger partial charge < -0.3 is 14.8 Å². The van der Waals surface area contributed by atoms with Crippen LogP contribution >= 0.6 is 0 Å². The Morgan fingerprint density at radius 3 is 2.47 bits per heavy atom. The van der Waals surface area contributed by atoms with E-state index >= 15 is 0 Å². The molecule has 0 aromatic heterocycles. The molecule has 0 atom stereocenters. The molecule has 0 bridgehead atoms. The first-order valence-corrected chi connectivity index (χ1v) is 5.08.